The molecule has 0 fully saturated rings. The normalized spacial score (nSPS) is 25.9. The lowest BCUT2D eigenvalue weighted by Gasteiger charge is -2.27. The van der Waals surface area contributed by atoms with Gasteiger partial charge in [-0.15, -0.1) is 0 Å². The molecule has 13 heavy (non-hydrogen) atoms. The number of hydrogen-bond donors (Lipinski definition) is 0. The Morgan fingerprint density at radius 1 is 1.08 bits per heavy atom. The van der Waals surface area contributed by atoms with Gasteiger partial charge in [-0.25, -0.2) is 0 Å². The first kappa shape index (κ1) is 11.2. The van der Waals surface area contributed by atoms with Gasteiger partial charge in [-0.1, -0.05) is 27.7 Å². The van der Waals surface area contributed by atoms with Crippen LogP contribution in [0, 0.1) is 10.8 Å². The van der Waals surface area contributed by atoms with E-state index in [1.54, 1.807) is 5.31 Å². The van der Waals surface area contributed by atoms with Gasteiger partial charge in [0.25, 0.3) is 0 Å². The fourth-order valence-electron chi connectivity index (χ4n) is 2.95. The number of rotatable bonds is 1. The first-order valence-corrected chi connectivity index (χ1v) is 8.23. The van der Waals surface area contributed by atoms with Crippen molar-refractivity contribution in [3.63, 3.8) is 0 Å². The Bertz CT molecular complexity index is 238. The average Bonchev–Trinajstić information content (AvgIpc) is 1.97. The van der Waals surface area contributed by atoms with E-state index in [4.69, 9.17) is 0 Å². The van der Waals surface area contributed by atoms with E-state index in [2.05, 4.69) is 53.8 Å². The molecule has 1 heteroatoms. The maximum atomic E-state index is 2.54. The highest BCUT2D eigenvalue weighted by Gasteiger charge is 2.46. The summed E-state index contributed by atoms with van der Waals surface area (Å²) < 4.78 is 0. The first-order valence-electron chi connectivity index (χ1n) is 5.10. The summed E-state index contributed by atoms with van der Waals surface area (Å²) in [7, 11) is -0.804. The van der Waals surface area contributed by atoms with E-state index in [0.717, 1.165) is 0 Å². The van der Waals surface area contributed by atoms with Crippen molar-refractivity contribution in [2.24, 2.45) is 10.8 Å². The van der Waals surface area contributed by atoms with E-state index in [-0.39, 0.29) is 0 Å². The van der Waals surface area contributed by atoms with Crippen LogP contribution in [0.4, 0.5) is 0 Å². The zero-order valence-electron chi connectivity index (χ0n) is 10.2. The van der Waals surface area contributed by atoms with Crippen LogP contribution in [-0.2, 0) is 0 Å². The molecule has 0 N–H and O–H groups in total. The Kier molecular flexibility index (Phi) is 2.45. The lowest BCUT2D eigenvalue weighted by molar-refractivity contribution is 0.331. The molecular weight excluding hydrogens is 175 g/mol. The first-order chi connectivity index (χ1) is 5.55. The van der Waals surface area contributed by atoms with Crippen LogP contribution in [0.5, 0.6) is 0 Å². The summed E-state index contributed by atoms with van der Waals surface area (Å²) in [5.41, 5.74) is 0.863. The van der Waals surface area contributed by atoms with Crippen LogP contribution in [-0.4, -0.2) is 20.0 Å². The van der Waals surface area contributed by atoms with Gasteiger partial charge in [-0.3, -0.25) is 0 Å². The average molecular weight is 199 g/mol. The molecule has 0 amide bonds. The van der Waals surface area contributed by atoms with Gasteiger partial charge in [0.1, 0.15) is 0 Å². The number of allylic oxidation sites excluding steroid dienone is 2. The lowest BCUT2D eigenvalue weighted by Crippen LogP contribution is -2.15. The van der Waals surface area contributed by atoms with Crippen LogP contribution < -0.4 is 0 Å². The summed E-state index contributed by atoms with van der Waals surface area (Å²) in [4.78, 5) is 0. The van der Waals surface area contributed by atoms with E-state index >= 15 is 0 Å². The predicted octanol–water partition coefficient (Wildman–Crippen LogP) is 4.23. The molecule has 0 aromatic heterocycles. The van der Waals surface area contributed by atoms with E-state index in [1.165, 1.54) is 6.42 Å². The van der Waals surface area contributed by atoms with Crippen molar-refractivity contribution >= 4 is 7.26 Å². The summed E-state index contributed by atoms with van der Waals surface area (Å²) in [6.07, 6.45) is 3.85. The molecule has 0 spiro atoms. The molecule has 0 aliphatic heterocycles. The third-order valence-corrected chi connectivity index (χ3v) is 5.02. The zero-order chi connectivity index (χ0) is 10.5. The minimum atomic E-state index is -0.804. The van der Waals surface area contributed by atoms with Gasteiger partial charge in [0, 0.05) is 12.7 Å². The van der Waals surface area contributed by atoms with E-state index in [1.807, 2.05) is 0 Å². The molecular formula is C12H24P+. The molecule has 0 aromatic rings. The summed E-state index contributed by atoms with van der Waals surface area (Å²) >= 11 is 0. The summed E-state index contributed by atoms with van der Waals surface area (Å²) in [5.74, 6) is 0. The van der Waals surface area contributed by atoms with Crippen LogP contribution in [0.15, 0.2) is 11.4 Å². The molecule has 0 saturated heterocycles. The van der Waals surface area contributed by atoms with Gasteiger partial charge in [0.05, 0.1) is 25.3 Å². The minimum Gasteiger partial charge on any atom is -0.0562 e. The van der Waals surface area contributed by atoms with Gasteiger partial charge >= 0.3 is 0 Å². The van der Waals surface area contributed by atoms with E-state index < -0.39 is 7.26 Å². The Balaban J connectivity index is 3.08. The van der Waals surface area contributed by atoms with Gasteiger partial charge in [0.15, 0.2) is 0 Å². The second kappa shape index (κ2) is 2.83. The lowest BCUT2D eigenvalue weighted by atomic mass is 9.83. The molecule has 1 aliphatic rings. The molecule has 0 heterocycles. The van der Waals surface area contributed by atoms with Gasteiger partial charge in [-0.05, 0) is 17.9 Å². The smallest absolute Gasteiger partial charge is 0.0562 e. The van der Waals surface area contributed by atoms with Crippen molar-refractivity contribution < 1.29 is 0 Å². The highest BCUT2D eigenvalue weighted by atomic mass is 31.2. The van der Waals surface area contributed by atoms with Crippen LogP contribution in [0.3, 0.4) is 0 Å². The van der Waals surface area contributed by atoms with Gasteiger partial charge in [0.2, 0.25) is 0 Å². The summed E-state index contributed by atoms with van der Waals surface area (Å²) in [6.45, 7) is 16.8. The van der Waals surface area contributed by atoms with Crippen LogP contribution in [0.2, 0.25) is 0 Å². The van der Waals surface area contributed by atoms with E-state index in [9.17, 15) is 0 Å². The van der Waals surface area contributed by atoms with Crippen molar-refractivity contribution in [3.8, 4) is 0 Å². The maximum absolute atomic E-state index is 2.54. The Morgan fingerprint density at radius 2 is 1.54 bits per heavy atom. The standard InChI is InChI=1S/C12H24P/c1-11(2)8-10(13(5,6)7)12(3,4)9-11/h8H,9H2,1-7H3/q+1. The molecule has 76 valence electrons. The maximum Gasteiger partial charge on any atom is 0.0728 e. The zero-order valence-corrected chi connectivity index (χ0v) is 11.1. The second-order valence-corrected chi connectivity index (χ2v) is 11.1. The van der Waals surface area contributed by atoms with Crippen molar-refractivity contribution in [2.75, 3.05) is 20.0 Å². The summed E-state index contributed by atoms with van der Waals surface area (Å²) in [5, 5.41) is 1.74. The molecule has 0 bridgehead atoms. The summed E-state index contributed by atoms with van der Waals surface area (Å²) in [6, 6.07) is 0. The quantitative estimate of drug-likeness (QED) is 0.554. The van der Waals surface area contributed by atoms with Crippen LogP contribution >= 0.6 is 7.26 Å². The van der Waals surface area contributed by atoms with Crippen molar-refractivity contribution in [2.45, 2.75) is 34.1 Å². The Labute approximate surface area is 84.1 Å². The minimum absolute atomic E-state index is 0.423. The third-order valence-electron chi connectivity index (χ3n) is 2.84. The Morgan fingerprint density at radius 3 is 1.69 bits per heavy atom. The van der Waals surface area contributed by atoms with Crippen LogP contribution in [0.25, 0.3) is 0 Å². The number of hydrogen-bond acceptors (Lipinski definition) is 0. The fourth-order valence-corrected chi connectivity index (χ4v) is 5.58. The van der Waals surface area contributed by atoms with Gasteiger partial charge < -0.3 is 0 Å². The molecule has 0 radical (unpaired) electrons. The van der Waals surface area contributed by atoms with Crippen molar-refractivity contribution in [1.29, 1.82) is 0 Å². The topological polar surface area (TPSA) is 0 Å². The predicted molar refractivity (Wildman–Crippen MR) is 65.0 cm³/mol. The molecule has 0 saturated carbocycles. The highest BCUT2D eigenvalue weighted by Crippen LogP contribution is 2.67. The fraction of sp³-hybridized carbons (Fsp3) is 0.833. The highest BCUT2D eigenvalue weighted by molar-refractivity contribution is 7.77. The monoisotopic (exact) mass is 199 g/mol. The van der Waals surface area contributed by atoms with Gasteiger partial charge in [-0.2, -0.15) is 0 Å². The largest absolute Gasteiger partial charge is 0.0728 e. The molecule has 1 aliphatic carbocycles. The molecule has 0 atom stereocenters. The Hall–Kier alpha value is 0.170. The van der Waals surface area contributed by atoms with Crippen molar-refractivity contribution in [1.82, 2.24) is 0 Å². The molecule has 0 unspecified atom stereocenters. The molecule has 1 rings (SSSR count). The molecule has 0 nitrogen and oxygen atoms in total. The SMILES string of the molecule is CC1(C)C=C([P+](C)(C)C)C(C)(C)C1. The van der Waals surface area contributed by atoms with Crippen molar-refractivity contribution in [3.05, 3.63) is 11.4 Å². The second-order valence-electron chi connectivity index (χ2n) is 6.59. The van der Waals surface area contributed by atoms with E-state index in [0.29, 0.717) is 10.8 Å². The van der Waals surface area contributed by atoms with Crippen LogP contribution in [0.1, 0.15) is 34.1 Å². The molecule has 0 aromatic carbocycles. The third kappa shape index (κ3) is 2.34.